The summed E-state index contributed by atoms with van der Waals surface area (Å²) in [5.74, 6) is 2.86. The number of aliphatic hydroxyl groups is 1. The van der Waals surface area contributed by atoms with E-state index in [2.05, 4.69) is 28.5 Å². The maximum absolute atomic E-state index is 9.94. The normalized spacial score (nSPS) is 27.0. The van der Waals surface area contributed by atoms with Crippen LogP contribution in [0.4, 0.5) is 11.8 Å². The standard InChI is InChI=1S/C20H33N5O/c1-15-16(2)21-20(24-9-5-6-10-24)22-19(15)25-12-17(18(13-25)14-26)11-23-7-3-4-8-23/h17-18,26H,3-14H2,1-2H3. The molecule has 6 nitrogen and oxygen atoms in total. The van der Waals surface area contributed by atoms with E-state index in [-0.39, 0.29) is 6.61 Å². The highest BCUT2D eigenvalue weighted by Crippen LogP contribution is 2.32. The molecular weight excluding hydrogens is 326 g/mol. The number of hydrogen-bond donors (Lipinski definition) is 1. The topological polar surface area (TPSA) is 55.7 Å². The van der Waals surface area contributed by atoms with Gasteiger partial charge in [0.1, 0.15) is 5.82 Å². The Morgan fingerprint density at radius 1 is 0.885 bits per heavy atom. The molecule has 4 rings (SSSR count). The summed E-state index contributed by atoms with van der Waals surface area (Å²) in [5.41, 5.74) is 2.27. The van der Waals surface area contributed by atoms with E-state index in [1.54, 1.807) is 0 Å². The van der Waals surface area contributed by atoms with Crippen LogP contribution in [-0.2, 0) is 0 Å². The van der Waals surface area contributed by atoms with Gasteiger partial charge in [-0.25, -0.2) is 4.98 Å². The molecule has 2 atom stereocenters. The minimum absolute atomic E-state index is 0.275. The number of likely N-dealkylation sites (tertiary alicyclic amines) is 1. The summed E-state index contributed by atoms with van der Waals surface area (Å²) in [7, 11) is 0. The van der Waals surface area contributed by atoms with Crippen molar-refractivity contribution >= 4 is 11.8 Å². The highest BCUT2D eigenvalue weighted by molar-refractivity contribution is 5.53. The van der Waals surface area contributed by atoms with Gasteiger partial charge < -0.3 is 19.8 Å². The monoisotopic (exact) mass is 359 g/mol. The van der Waals surface area contributed by atoms with Gasteiger partial charge in [0.25, 0.3) is 0 Å². The molecule has 1 aromatic rings. The van der Waals surface area contributed by atoms with Crippen LogP contribution < -0.4 is 9.80 Å². The van der Waals surface area contributed by atoms with E-state index < -0.39 is 0 Å². The summed E-state index contributed by atoms with van der Waals surface area (Å²) in [6.45, 7) is 12.1. The fraction of sp³-hybridized carbons (Fsp3) is 0.800. The van der Waals surface area contributed by atoms with Crippen LogP contribution in [0.25, 0.3) is 0 Å². The minimum Gasteiger partial charge on any atom is -0.396 e. The number of aromatic nitrogens is 2. The van der Waals surface area contributed by atoms with Crippen molar-refractivity contribution in [3.8, 4) is 0 Å². The van der Waals surface area contributed by atoms with Gasteiger partial charge in [-0.1, -0.05) is 0 Å². The molecule has 6 heteroatoms. The molecule has 0 aromatic carbocycles. The fourth-order valence-corrected chi connectivity index (χ4v) is 4.79. The molecule has 2 unspecified atom stereocenters. The number of aliphatic hydroxyl groups excluding tert-OH is 1. The Labute approximate surface area is 157 Å². The number of aryl methyl sites for hydroxylation is 1. The van der Waals surface area contributed by atoms with Gasteiger partial charge in [0.05, 0.1) is 0 Å². The molecule has 0 aliphatic carbocycles. The second-order valence-corrected chi connectivity index (χ2v) is 8.37. The zero-order valence-electron chi connectivity index (χ0n) is 16.3. The molecule has 0 spiro atoms. The van der Waals surface area contributed by atoms with Crippen LogP contribution in [0, 0.1) is 25.7 Å². The lowest BCUT2D eigenvalue weighted by Crippen LogP contribution is -2.32. The smallest absolute Gasteiger partial charge is 0.227 e. The molecule has 3 saturated heterocycles. The van der Waals surface area contributed by atoms with Crippen LogP contribution in [0.5, 0.6) is 0 Å². The SMILES string of the molecule is Cc1nc(N2CCCC2)nc(N2CC(CO)C(CN3CCCC3)C2)c1C. The molecular formula is C20H33N5O. The summed E-state index contributed by atoms with van der Waals surface area (Å²) >= 11 is 0. The first-order valence-corrected chi connectivity index (χ1v) is 10.3. The third-order valence-electron chi connectivity index (χ3n) is 6.54. The van der Waals surface area contributed by atoms with Crippen molar-refractivity contribution < 1.29 is 5.11 Å². The Hall–Kier alpha value is -1.40. The van der Waals surface area contributed by atoms with Crippen molar-refractivity contribution in [3.63, 3.8) is 0 Å². The van der Waals surface area contributed by atoms with Gasteiger partial charge in [0.15, 0.2) is 0 Å². The maximum atomic E-state index is 9.94. The predicted octanol–water partition coefficient (Wildman–Crippen LogP) is 1.83. The molecule has 1 N–H and O–H groups in total. The third-order valence-corrected chi connectivity index (χ3v) is 6.54. The number of rotatable bonds is 5. The van der Waals surface area contributed by atoms with Crippen LogP contribution in [0.2, 0.25) is 0 Å². The van der Waals surface area contributed by atoms with Gasteiger partial charge >= 0.3 is 0 Å². The van der Waals surface area contributed by atoms with E-state index in [4.69, 9.17) is 9.97 Å². The zero-order valence-corrected chi connectivity index (χ0v) is 16.3. The molecule has 0 saturated carbocycles. The first-order chi connectivity index (χ1) is 12.7. The van der Waals surface area contributed by atoms with Crippen molar-refractivity contribution in [3.05, 3.63) is 11.3 Å². The molecule has 1 aromatic heterocycles. The number of anilines is 2. The zero-order chi connectivity index (χ0) is 18.1. The van der Waals surface area contributed by atoms with Gasteiger partial charge in [-0.3, -0.25) is 0 Å². The Bertz CT molecular complexity index is 625. The molecule has 26 heavy (non-hydrogen) atoms. The Morgan fingerprint density at radius 2 is 1.54 bits per heavy atom. The van der Waals surface area contributed by atoms with Crippen molar-refractivity contribution in [1.82, 2.24) is 14.9 Å². The van der Waals surface area contributed by atoms with Crippen molar-refractivity contribution in [2.45, 2.75) is 39.5 Å². The predicted molar refractivity (Wildman–Crippen MR) is 105 cm³/mol. The Kier molecular flexibility index (Phi) is 5.32. The van der Waals surface area contributed by atoms with Crippen molar-refractivity contribution in [2.75, 3.05) is 62.2 Å². The third kappa shape index (κ3) is 3.54. The van der Waals surface area contributed by atoms with E-state index >= 15 is 0 Å². The fourth-order valence-electron chi connectivity index (χ4n) is 4.79. The molecule has 0 radical (unpaired) electrons. The van der Waals surface area contributed by atoms with Crippen molar-refractivity contribution in [2.24, 2.45) is 11.8 Å². The summed E-state index contributed by atoms with van der Waals surface area (Å²) in [6, 6.07) is 0. The summed E-state index contributed by atoms with van der Waals surface area (Å²) in [6.07, 6.45) is 5.12. The quantitative estimate of drug-likeness (QED) is 0.866. The molecule has 3 aliphatic rings. The van der Waals surface area contributed by atoms with Crippen molar-refractivity contribution in [1.29, 1.82) is 0 Å². The van der Waals surface area contributed by atoms with Crippen LogP contribution in [0.1, 0.15) is 36.9 Å². The van der Waals surface area contributed by atoms with E-state index in [0.29, 0.717) is 11.8 Å². The second-order valence-electron chi connectivity index (χ2n) is 8.37. The summed E-state index contributed by atoms with van der Waals surface area (Å²) < 4.78 is 0. The average molecular weight is 360 g/mol. The lowest BCUT2D eigenvalue weighted by Gasteiger charge is -2.25. The van der Waals surface area contributed by atoms with Gasteiger partial charge in [-0.2, -0.15) is 4.98 Å². The van der Waals surface area contributed by atoms with Gasteiger partial charge in [-0.15, -0.1) is 0 Å². The van der Waals surface area contributed by atoms with Gasteiger partial charge in [-0.05, 0) is 58.5 Å². The van der Waals surface area contributed by atoms with E-state index in [1.165, 1.54) is 44.3 Å². The van der Waals surface area contributed by atoms with Crippen LogP contribution in [-0.4, -0.2) is 72.4 Å². The molecule has 144 valence electrons. The molecule has 0 bridgehead atoms. The molecule has 4 heterocycles. The lowest BCUT2D eigenvalue weighted by molar-refractivity contribution is 0.176. The van der Waals surface area contributed by atoms with E-state index in [0.717, 1.165) is 50.2 Å². The Balaban J connectivity index is 1.54. The highest BCUT2D eigenvalue weighted by Gasteiger charge is 2.35. The van der Waals surface area contributed by atoms with E-state index in [9.17, 15) is 5.11 Å². The highest BCUT2D eigenvalue weighted by atomic mass is 16.3. The minimum atomic E-state index is 0.275. The molecule has 3 aliphatic heterocycles. The summed E-state index contributed by atoms with van der Waals surface area (Å²) in [4.78, 5) is 17.0. The molecule has 0 amide bonds. The first-order valence-electron chi connectivity index (χ1n) is 10.3. The van der Waals surface area contributed by atoms with Crippen LogP contribution in [0.3, 0.4) is 0 Å². The Morgan fingerprint density at radius 3 is 2.23 bits per heavy atom. The lowest BCUT2D eigenvalue weighted by atomic mass is 9.96. The average Bonchev–Trinajstić information content (AvgIpc) is 3.38. The maximum Gasteiger partial charge on any atom is 0.227 e. The van der Waals surface area contributed by atoms with E-state index in [1.807, 2.05) is 0 Å². The van der Waals surface area contributed by atoms with Crippen LogP contribution in [0.15, 0.2) is 0 Å². The first kappa shape index (κ1) is 18.0. The van der Waals surface area contributed by atoms with Gasteiger partial charge in [0, 0.05) is 56.5 Å². The number of nitrogens with zero attached hydrogens (tertiary/aromatic N) is 5. The van der Waals surface area contributed by atoms with Gasteiger partial charge in [0.2, 0.25) is 5.95 Å². The summed E-state index contributed by atoms with van der Waals surface area (Å²) in [5, 5.41) is 9.94. The molecule has 3 fully saturated rings. The second kappa shape index (κ2) is 7.69. The largest absolute Gasteiger partial charge is 0.396 e. The van der Waals surface area contributed by atoms with Crippen LogP contribution >= 0.6 is 0 Å². The number of hydrogen-bond acceptors (Lipinski definition) is 6.